The van der Waals surface area contributed by atoms with Gasteiger partial charge in [0.2, 0.25) is 0 Å². The third-order valence-electron chi connectivity index (χ3n) is 1.63. The van der Waals surface area contributed by atoms with E-state index in [9.17, 15) is 13.2 Å². The average Bonchev–Trinajstić information content (AvgIpc) is 2.46. The maximum atomic E-state index is 11.9. The molecule has 0 radical (unpaired) electrons. The van der Waals surface area contributed by atoms with Crippen molar-refractivity contribution in [2.75, 3.05) is 6.54 Å². The molecule has 1 aromatic heterocycles. The molecule has 0 aliphatic carbocycles. The molecular weight excluding hydrogens is 235 g/mol. The zero-order valence-electron chi connectivity index (χ0n) is 7.36. The highest BCUT2D eigenvalue weighted by Gasteiger charge is 2.27. The van der Waals surface area contributed by atoms with Crippen molar-refractivity contribution in [2.24, 2.45) is 0 Å². The topological polar surface area (TPSA) is 12.0 Å². The first kappa shape index (κ1) is 11.8. The van der Waals surface area contributed by atoms with Gasteiger partial charge >= 0.3 is 6.18 Å². The van der Waals surface area contributed by atoms with Gasteiger partial charge in [0.25, 0.3) is 0 Å². The fourth-order valence-corrected chi connectivity index (χ4v) is 2.02. The average molecular weight is 244 g/mol. The molecule has 1 rings (SSSR count). The minimum atomic E-state index is -4.17. The summed E-state index contributed by atoms with van der Waals surface area (Å²) in [5.74, 6) is 0. The standard InChI is InChI=1S/C8H9ClF3NS/c1-5(13-4-8(10,11)12)6-2-3-7(9)14-6/h2-3,5,13H,4H2,1H3. The van der Waals surface area contributed by atoms with E-state index in [1.165, 1.54) is 11.3 Å². The van der Waals surface area contributed by atoms with E-state index in [-0.39, 0.29) is 6.04 Å². The highest BCUT2D eigenvalue weighted by molar-refractivity contribution is 7.16. The third-order valence-corrected chi connectivity index (χ3v) is 3.04. The lowest BCUT2D eigenvalue weighted by Crippen LogP contribution is -2.30. The van der Waals surface area contributed by atoms with E-state index in [1.807, 2.05) is 0 Å². The Hall–Kier alpha value is -0.260. The minimum absolute atomic E-state index is 0.325. The van der Waals surface area contributed by atoms with E-state index in [4.69, 9.17) is 11.6 Å². The van der Waals surface area contributed by atoms with Gasteiger partial charge in [-0.2, -0.15) is 13.2 Å². The molecule has 0 bridgehead atoms. The Morgan fingerprint density at radius 1 is 1.50 bits per heavy atom. The monoisotopic (exact) mass is 243 g/mol. The predicted molar refractivity (Wildman–Crippen MR) is 51.8 cm³/mol. The van der Waals surface area contributed by atoms with E-state index < -0.39 is 12.7 Å². The highest BCUT2D eigenvalue weighted by atomic mass is 35.5. The van der Waals surface area contributed by atoms with Crippen LogP contribution in [0.5, 0.6) is 0 Å². The van der Waals surface area contributed by atoms with E-state index in [0.29, 0.717) is 4.34 Å². The molecule has 0 saturated heterocycles. The second-order valence-electron chi connectivity index (χ2n) is 2.86. The summed E-state index contributed by atoms with van der Waals surface area (Å²) >= 11 is 6.95. The zero-order chi connectivity index (χ0) is 10.8. The number of hydrogen-bond acceptors (Lipinski definition) is 2. The molecule has 80 valence electrons. The van der Waals surface area contributed by atoms with Gasteiger partial charge < -0.3 is 5.32 Å². The van der Waals surface area contributed by atoms with Crippen molar-refractivity contribution < 1.29 is 13.2 Å². The first-order valence-corrected chi connectivity index (χ1v) is 5.13. The van der Waals surface area contributed by atoms with Gasteiger partial charge in [0.15, 0.2) is 0 Å². The summed E-state index contributed by atoms with van der Waals surface area (Å²) in [6.07, 6.45) is -4.17. The number of hydrogen-bond donors (Lipinski definition) is 1. The van der Waals surface area contributed by atoms with E-state index >= 15 is 0 Å². The second kappa shape index (κ2) is 4.51. The van der Waals surface area contributed by atoms with Crippen molar-refractivity contribution in [1.82, 2.24) is 5.32 Å². The zero-order valence-corrected chi connectivity index (χ0v) is 8.93. The van der Waals surface area contributed by atoms with Crippen LogP contribution in [0.4, 0.5) is 13.2 Å². The third kappa shape index (κ3) is 3.86. The molecule has 0 aromatic carbocycles. The van der Waals surface area contributed by atoms with Crippen LogP contribution in [0.1, 0.15) is 17.8 Å². The van der Waals surface area contributed by atoms with Crippen LogP contribution in [0.25, 0.3) is 0 Å². The van der Waals surface area contributed by atoms with Crippen molar-refractivity contribution in [3.05, 3.63) is 21.3 Å². The molecule has 0 aliphatic heterocycles. The first-order valence-electron chi connectivity index (χ1n) is 3.94. The molecule has 0 fully saturated rings. The minimum Gasteiger partial charge on any atom is -0.301 e. The lowest BCUT2D eigenvalue weighted by Gasteiger charge is -2.13. The molecule has 6 heteroatoms. The summed E-state index contributed by atoms with van der Waals surface area (Å²) in [4.78, 5) is 0.805. The highest BCUT2D eigenvalue weighted by Crippen LogP contribution is 2.27. The summed E-state index contributed by atoms with van der Waals surface area (Å²) in [5.41, 5.74) is 0. The van der Waals surface area contributed by atoms with E-state index in [1.54, 1.807) is 19.1 Å². The van der Waals surface area contributed by atoms with Gasteiger partial charge in [0, 0.05) is 10.9 Å². The molecule has 0 amide bonds. The summed E-state index contributed by atoms with van der Waals surface area (Å²) in [5, 5.41) is 2.38. The lowest BCUT2D eigenvalue weighted by atomic mass is 10.3. The van der Waals surface area contributed by atoms with Gasteiger partial charge in [0.05, 0.1) is 10.9 Å². The van der Waals surface area contributed by atoms with E-state index in [2.05, 4.69) is 5.32 Å². The Bertz CT molecular complexity index is 297. The Kier molecular flexibility index (Phi) is 3.80. The molecule has 0 saturated carbocycles. The van der Waals surface area contributed by atoms with Crippen molar-refractivity contribution in [2.45, 2.75) is 19.1 Å². The number of nitrogens with one attached hydrogen (secondary N) is 1. The Balaban J connectivity index is 2.47. The maximum absolute atomic E-state index is 11.9. The van der Waals surface area contributed by atoms with Crippen molar-refractivity contribution >= 4 is 22.9 Å². The van der Waals surface area contributed by atoms with Crippen molar-refractivity contribution in [1.29, 1.82) is 0 Å². The van der Waals surface area contributed by atoms with Crippen LogP contribution in [0.3, 0.4) is 0 Å². The molecule has 14 heavy (non-hydrogen) atoms. The second-order valence-corrected chi connectivity index (χ2v) is 4.61. The molecule has 1 aromatic rings. The number of alkyl halides is 3. The van der Waals surface area contributed by atoms with Crippen LogP contribution >= 0.6 is 22.9 Å². The van der Waals surface area contributed by atoms with Crippen LogP contribution in [0.2, 0.25) is 4.34 Å². The number of halogens is 4. The molecule has 0 spiro atoms. The molecule has 1 unspecified atom stereocenters. The summed E-state index contributed by atoms with van der Waals surface area (Å²) in [6.45, 7) is 0.692. The molecule has 1 heterocycles. The summed E-state index contributed by atoms with van der Waals surface area (Å²) in [7, 11) is 0. The molecule has 1 N–H and O–H groups in total. The SMILES string of the molecule is CC(NCC(F)(F)F)c1ccc(Cl)s1. The van der Waals surface area contributed by atoms with Crippen LogP contribution in [0.15, 0.2) is 12.1 Å². The predicted octanol–water partition coefficient (Wildman–Crippen LogP) is 3.61. The smallest absolute Gasteiger partial charge is 0.301 e. The van der Waals surface area contributed by atoms with Crippen LogP contribution in [0, 0.1) is 0 Å². The molecule has 1 atom stereocenters. The van der Waals surface area contributed by atoms with Gasteiger partial charge in [-0.25, -0.2) is 0 Å². The Morgan fingerprint density at radius 2 is 2.14 bits per heavy atom. The van der Waals surface area contributed by atoms with Crippen molar-refractivity contribution in [3.8, 4) is 0 Å². The molecule has 1 nitrogen and oxygen atoms in total. The fourth-order valence-electron chi connectivity index (χ4n) is 0.930. The normalized spacial score (nSPS) is 14.4. The fraction of sp³-hybridized carbons (Fsp3) is 0.500. The summed E-state index contributed by atoms with van der Waals surface area (Å²) < 4.78 is 36.1. The maximum Gasteiger partial charge on any atom is 0.401 e. The van der Waals surface area contributed by atoms with E-state index in [0.717, 1.165) is 4.88 Å². The van der Waals surface area contributed by atoms with Gasteiger partial charge in [0.1, 0.15) is 0 Å². The van der Waals surface area contributed by atoms with Crippen molar-refractivity contribution in [3.63, 3.8) is 0 Å². The van der Waals surface area contributed by atoms with Gasteiger partial charge in [-0.1, -0.05) is 11.6 Å². The molecular formula is C8H9ClF3NS. The van der Waals surface area contributed by atoms with Crippen LogP contribution in [-0.2, 0) is 0 Å². The van der Waals surface area contributed by atoms with Crippen LogP contribution < -0.4 is 5.32 Å². The lowest BCUT2D eigenvalue weighted by molar-refractivity contribution is -0.126. The van der Waals surface area contributed by atoms with Gasteiger partial charge in [-0.05, 0) is 19.1 Å². The Labute approximate surface area is 88.9 Å². The summed E-state index contributed by atoms with van der Waals surface area (Å²) in [6, 6.07) is 3.07. The quantitative estimate of drug-likeness (QED) is 0.855. The Morgan fingerprint density at radius 3 is 2.57 bits per heavy atom. The largest absolute Gasteiger partial charge is 0.401 e. The number of rotatable bonds is 3. The van der Waals surface area contributed by atoms with Gasteiger partial charge in [-0.3, -0.25) is 0 Å². The first-order chi connectivity index (χ1) is 6.38. The molecule has 0 aliphatic rings. The number of thiophene rings is 1. The van der Waals surface area contributed by atoms with Crippen LogP contribution in [-0.4, -0.2) is 12.7 Å². The van der Waals surface area contributed by atoms with Gasteiger partial charge in [-0.15, -0.1) is 11.3 Å².